The van der Waals surface area contributed by atoms with Gasteiger partial charge in [0.15, 0.2) is 0 Å². The van der Waals surface area contributed by atoms with Crippen molar-refractivity contribution in [1.82, 2.24) is 0 Å². The summed E-state index contributed by atoms with van der Waals surface area (Å²) in [6.45, 7) is 9.08. The van der Waals surface area contributed by atoms with E-state index in [0.717, 1.165) is 0 Å². The Bertz CT molecular complexity index is 244. The standard InChI is InChI=1S/C14H28O6/c1-5-14(16)20-10-13(4)19-9-12(3)18-7-6-17-8-11(2)15/h11-13,15H,5-10H2,1-4H3. The molecule has 0 bridgehead atoms. The molecule has 0 spiro atoms. The number of carbonyl (C=O) groups is 1. The van der Waals surface area contributed by atoms with Gasteiger partial charge in [0.25, 0.3) is 0 Å². The van der Waals surface area contributed by atoms with E-state index in [-0.39, 0.29) is 24.8 Å². The minimum Gasteiger partial charge on any atom is -0.463 e. The number of hydrogen-bond donors (Lipinski definition) is 1. The number of esters is 1. The Morgan fingerprint density at radius 3 is 2.25 bits per heavy atom. The van der Waals surface area contributed by atoms with Gasteiger partial charge in [-0.3, -0.25) is 4.79 Å². The van der Waals surface area contributed by atoms with E-state index < -0.39 is 6.10 Å². The smallest absolute Gasteiger partial charge is 0.305 e. The fourth-order valence-electron chi connectivity index (χ4n) is 1.27. The molecule has 0 fully saturated rings. The van der Waals surface area contributed by atoms with Crippen LogP contribution in [-0.4, -0.2) is 62.4 Å². The second-order valence-corrected chi connectivity index (χ2v) is 4.79. The van der Waals surface area contributed by atoms with E-state index in [1.54, 1.807) is 13.8 Å². The van der Waals surface area contributed by atoms with Crippen LogP contribution in [0.4, 0.5) is 0 Å². The normalized spacial score (nSPS) is 15.7. The first kappa shape index (κ1) is 19.3. The van der Waals surface area contributed by atoms with Crippen molar-refractivity contribution in [3.05, 3.63) is 0 Å². The number of aliphatic hydroxyl groups is 1. The minimum absolute atomic E-state index is 0.0607. The van der Waals surface area contributed by atoms with Gasteiger partial charge < -0.3 is 24.1 Å². The molecule has 0 amide bonds. The Hall–Kier alpha value is -0.690. The van der Waals surface area contributed by atoms with Gasteiger partial charge in [-0.2, -0.15) is 0 Å². The summed E-state index contributed by atoms with van der Waals surface area (Å²) in [6, 6.07) is 0. The Morgan fingerprint density at radius 1 is 1.00 bits per heavy atom. The highest BCUT2D eigenvalue weighted by molar-refractivity contribution is 5.68. The van der Waals surface area contributed by atoms with Crippen molar-refractivity contribution in [1.29, 1.82) is 0 Å². The largest absolute Gasteiger partial charge is 0.463 e. The van der Waals surface area contributed by atoms with E-state index in [1.165, 1.54) is 0 Å². The lowest BCUT2D eigenvalue weighted by atomic mass is 10.4. The molecule has 0 aliphatic carbocycles. The Morgan fingerprint density at radius 2 is 1.65 bits per heavy atom. The molecular weight excluding hydrogens is 264 g/mol. The first-order chi connectivity index (χ1) is 9.45. The Kier molecular flexibility index (Phi) is 11.7. The molecule has 0 aromatic heterocycles. The molecule has 3 unspecified atom stereocenters. The Labute approximate surface area is 121 Å². The van der Waals surface area contributed by atoms with Crippen LogP contribution in [0.5, 0.6) is 0 Å². The molecule has 0 saturated carbocycles. The lowest BCUT2D eigenvalue weighted by molar-refractivity contribution is -0.148. The highest BCUT2D eigenvalue weighted by atomic mass is 16.6. The number of hydrogen-bond acceptors (Lipinski definition) is 6. The first-order valence-corrected chi connectivity index (χ1v) is 7.10. The van der Waals surface area contributed by atoms with Crippen LogP contribution >= 0.6 is 0 Å². The van der Waals surface area contributed by atoms with Crippen LogP contribution in [0.25, 0.3) is 0 Å². The molecule has 0 aromatic rings. The molecule has 0 aliphatic heterocycles. The highest BCUT2D eigenvalue weighted by Crippen LogP contribution is 1.99. The SMILES string of the molecule is CCC(=O)OCC(C)OCC(C)OCCOCC(C)O. The van der Waals surface area contributed by atoms with Crippen LogP contribution in [0, 0.1) is 0 Å². The number of ether oxygens (including phenoxy) is 4. The van der Waals surface area contributed by atoms with Gasteiger partial charge in [0.2, 0.25) is 0 Å². The van der Waals surface area contributed by atoms with Crippen molar-refractivity contribution in [3.63, 3.8) is 0 Å². The van der Waals surface area contributed by atoms with Crippen molar-refractivity contribution in [2.24, 2.45) is 0 Å². The third-order valence-electron chi connectivity index (χ3n) is 2.37. The topological polar surface area (TPSA) is 74.2 Å². The summed E-state index contributed by atoms with van der Waals surface area (Å²) in [7, 11) is 0. The highest BCUT2D eigenvalue weighted by Gasteiger charge is 2.09. The molecule has 0 radical (unpaired) electrons. The zero-order chi connectivity index (χ0) is 15.4. The third-order valence-corrected chi connectivity index (χ3v) is 2.37. The molecular formula is C14H28O6. The van der Waals surface area contributed by atoms with Gasteiger partial charge in [0.1, 0.15) is 6.61 Å². The van der Waals surface area contributed by atoms with Gasteiger partial charge in [0, 0.05) is 6.42 Å². The van der Waals surface area contributed by atoms with Crippen molar-refractivity contribution in [2.45, 2.75) is 52.4 Å². The van der Waals surface area contributed by atoms with E-state index in [0.29, 0.717) is 32.8 Å². The van der Waals surface area contributed by atoms with Crippen LogP contribution in [-0.2, 0) is 23.7 Å². The predicted octanol–water partition coefficient (Wildman–Crippen LogP) is 1.15. The maximum Gasteiger partial charge on any atom is 0.305 e. The van der Waals surface area contributed by atoms with Gasteiger partial charge in [-0.05, 0) is 20.8 Å². The van der Waals surface area contributed by atoms with Crippen molar-refractivity contribution in [2.75, 3.05) is 33.0 Å². The summed E-state index contributed by atoms with van der Waals surface area (Å²) in [5.74, 6) is -0.222. The molecule has 3 atom stereocenters. The predicted molar refractivity (Wildman–Crippen MR) is 74.6 cm³/mol. The zero-order valence-corrected chi connectivity index (χ0v) is 13.0. The molecule has 0 heterocycles. The maximum atomic E-state index is 11.0. The molecule has 20 heavy (non-hydrogen) atoms. The van der Waals surface area contributed by atoms with Crippen LogP contribution in [0.15, 0.2) is 0 Å². The maximum absolute atomic E-state index is 11.0. The number of rotatable bonds is 12. The van der Waals surface area contributed by atoms with Gasteiger partial charge in [-0.1, -0.05) is 6.92 Å². The Balaban J connectivity index is 3.47. The molecule has 0 rings (SSSR count). The zero-order valence-electron chi connectivity index (χ0n) is 13.0. The lowest BCUT2D eigenvalue weighted by Crippen LogP contribution is -2.25. The third kappa shape index (κ3) is 12.3. The molecule has 0 aliphatic rings. The van der Waals surface area contributed by atoms with E-state index in [4.69, 9.17) is 24.1 Å². The van der Waals surface area contributed by atoms with Crippen LogP contribution in [0.3, 0.4) is 0 Å². The summed E-state index contributed by atoms with van der Waals surface area (Å²) in [5, 5.41) is 8.99. The van der Waals surface area contributed by atoms with E-state index in [2.05, 4.69) is 0 Å². The summed E-state index contributed by atoms with van der Waals surface area (Å²) in [5.41, 5.74) is 0. The van der Waals surface area contributed by atoms with Crippen LogP contribution < -0.4 is 0 Å². The summed E-state index contributed by atoms with van der Waals surface area (Å²) >= 11 is 0. The number of carbonyl (C=O) groups excluding carboxylic acids is 1. The van der Waals surface area contributed by atoms with E-state index in [9.17, 15) is 4.79 Å². The van der Waals surface area contributed by atoms with Gasteiger partial charge in [-0.15, -0.1) is 0 Å². The molecule has 1 N–H and O–H groups in total. The molecule has 6 nitrogen and oxygen atoms in total. The van der Waals surface area contributed by atoms with Crippen molar-refractivity contribution < 1.29 is 28.8 Å². The quantitative estimate of drug-likeness (QED) is 0.429. The van der Waals surface area contributed by atoms with Crippen molar-refractivity contribution >= 4 is 5.97 Å². The fourth-order valence-corrected chi connectivity index (χ4v) is 1.27. The van der Waals surface area contributed by atoms with Gasteiger partial charge in [-0.25, -0.2) is 0 Å². The van der Waals surface area contributed by atoms with E-state index >= 15 is 0 Å². The van der Waals surface area contributed by atoms with Gasteiger partial charge in [0.05, 0.1) is 44.7 Å². The second kappa shape index (κ2) is 12.1. The molecule has 0 saturated heterocycles. The van der Waals surface area contributed by atoms with Crippen LogP contribution in [0.1, 0.15) is 34.1 Å². The average Bonchev–Trinajstić information content (AvgIpc) is 2.41. The summed E-state index contributed by atoms with van der Waals surface area (Å²) in [4.78, 5) is 11.0. The monoisotopic (exact) mass is 292 g/mol. The lowest BCUT2D eigenvalue weighted by Gasteiger charge is -2.17. The van der Waals surface area contributed by atoms with E-state index in [1.807, 2.05) is 13.8 Å². The minimum atomic E-state index is -0.456. The van der Waals surface area contributed by atoms with Gasteiger partial charge >= 0.3 is 5.97 Å². The fraction of sp³-hybridized carbons (Fsp3) is 0.929. The number of aliphatic hydroxyl groups excluding tert-OH is 1. The molecule has 120 valence electrons. The molecule has 6 heteroatoms. The van der Waals surface area contributed by atoms with Crippen LogP contribution in [0.2, 0.25) is 0 Å². The average molecular weight is 292 g/mol. The van der Waals surface area contributed by atoms with Crippen molar-refractivity contribution in [3.8, 4) is 0 Å². The first-order valence-electron chi connectivity index (χ1n) is 7.10. The molecule has 0 aromatic carbocycles. The second-order valence-electron chi connectivity index (χ2n) is 4.79. The summed E-state index contributed by atoms with van der Waals surface area (Å²) in [6.07, 6.45) is -0.293. The summed E-state index contributed by atoms with van der Waals surface area (Å²) < 4.78 is 21.1.